The minimum Gasteiger partial charge on any atom is -0.467 e. The predicted octanol–water partition coefficient (Wildman–Crippen LogP) is 2.57. The number of anilines is 1. The fourth-order valence-corrected chi connectivity index (χ4v) is 5.37. The topological polar surface area (TPSA) is 130 Å². The number of aryl methyl sites for hydroxylation is 1. The second kappa shape index (κ2) is 14.9. The highest BCUT2D eigenvalue weighted by molar-refractivity contribution is 7.98. The lowest BCUT2D eigenvalue weighted by Crippen LogP contribution is -2.54. The first-order valence-corrected chi connectivity index (χ1v) is 15.1. The molecule has 1 aromatic heterocycles. The van der Waals surface area contributed by atoms with E-state index in [4.69, 9.17) is 4.74 Å². The number of ether oxygens (including phenoxy) is 1. The van der Waals surface area contributed by atoms with Crippen molar-refractivity contribution in [3.63, 3.8) is 0 Å². The molecule has 1 aliphatic heterocycles. The molecule has 0 radical (unpaired) electrons. The molecule has 0 saturated carbocycles. The van der Waals surface area contributed by atoms with E-state index in [1.807, 2.05) is 42.3 Å². The Hall–Kier alpha value is -3.34. The summed E-state index contributed by atoms with van der Waals surface area (Å²) in [4.78, 5) is 57.0. The lowest BCUT2D eigenvalue weighted by molar-refractivity contribution is -0.145. The number of esters is 1. The van der Waals surface area contributed by atoms with Gasteiger partial charge in [0.15, 0.2) is 0 Å². The van der Waals surface area contributed by atoms with Crippen molar-refractivity contribution in [1.29, 1.82) is 0 Å². The summed E-state index contributed by atoms with van der Waals surface area (Å²) in [7, 11) is 1.31. The maximum atomic E-state index is 13.4. The number of hydrogen-bond donors (Lipinski definition) is 3. The zero-order valence-corrected chi connectivity index (χ0v) is 24.8. The summed E-state index contributed by atoms with van der Waals surface area (Å²) < 4.78 is 4.92. The lowest BCUT2D eigenvalue weighted by Gasteiger charge is -2.34. The summed E-state index contributed by atoms with van der Waals surface area (Å²) in [6.07, 6.45) is 5.70. The van der Waals surface area contributed by atoms with Crippen molar-refractivity contribution in [2.75, 3.05) is 37.1 Å². The standard InChI is InChI=1S/C29H41N5O5S/c1-6-18(2)23(33-28(37)21-10-11-25(35)31-21)16-34(17-26(36)32-22(13-15-40-5)29(38)39-4)24-12-14-30-20-9-7-8-19(3)27(20)24/h7-9,12,14,18,21-23H,6,10-11,13,15-17H2,1-5H3,(H,31,35)(H,32,36)(H,33,37)/t18-,21-,22-,23+/m0/s1. The highest BCUT2D eigenvalue weighted by Crippen LogP contribution is 2.29. The summed E-state index contributed by atoms with van der Waals surface area (Å²) in [6.45, 7) is 6.41. The van der Waals surface area contributed by atoms with Crippen LogP contribution in [0.4, 0.5) is 5.69 Å². The van der Waals surface area contributed by atoms with E-state index in [2.05, 4.69) is 34.8 Å². The molecule has 11 heteroatoms. The quantitative estimate of drug-likeness (QED) is 0.295. The van der Waals surface area contributed by atoms with E-state index in [0.717, 1.165) is 28.6 Å². The van der Waals surface area contributed by atoms with E-state index in [-0.39, 0.29) is 36.2 Å². The Morgan fingerprint density at radius 3 is 2.67 bits per heavy atom. The molecule has 3 amide bonds. The van der Waals surface area contributed by atoms with Crippen LogP contribution >= 0.6 is 11.8 Å². The monoisotopic (exact) mass is 571 g/mol. The van der Waals surface area contributed by atoms with Crippen LogP contribution in [-0.2, 0) is 23.9 Å². The van der Waals surface area contributed by atoms with Gasteiger partial charge in [-0.2, -0.15) is 11.8 Å². The van der Waals surface area contributed by atoms with Gasteiger partial charge in [0.1, 0.15) is 12.1 Å². The van der Waals surface area contributed by atoms with Gasteiger partial charge >= 0.3 is 5.97 Å². The van der Waals surface area contributed by atoms with Crippen molar-refractivity contribution >= 4 is 52.0 Å². The maximum Gasteiger partial charge on any atom is 0.328 e. The van der Waals surface area contributed by atoms with Gasteiger partial charge in [0.25, 0.3) is 0 Å². The third-order valence-corrected chi connectivity index (χ3v) is 8.09. The minimum atomic E-state index is -0.751. The summed E-state index contributed by atoms with van der Waals surface area (Å²) in [6, 6.07) is 6.13. The van der Waals surface area contributed by atoms with E-state index >= 15 is 0 Å². The molecule has 1 fully saturated rings. The Balaban J connectivity index is 1.93. The van der Waals surface area contributed by atoms with Crippen molar-refractivity contribution in [1.82, 2.24) is 20.9 Å². The third-order valence-electron chi connectivity index (χ3n) is 7.45. The fourth-order valence-electron chi connectivity index (χ4n) is 4.90. The van der Waals surface area contributed by atoms with E-state index in [1.165, 1.54) is 7.11 Å². The normalized spacial score (nSPS) is 17.0. The number of benzene rings is 1. The predicted molar refractivity (Wildman–Crippen MR) is 158 cm³/mol. The fraction of sp³-hybridized carbons (Fsp3) is 0.552. The average Bonchev–Trinajstić information content (AvgIpc) is 3.39. The Labute approximate surface area is 240 Å². The van der Waals surface area contributed by atoms with E-state index in [0.29, 0.717) is 31.6 Å². The zero-order valence-electron chi connectivity index (χ0n) is 24.0. The molecular formula is C29H41N5O5S. The highest BCUT2D eigenvalue weighted by Gasteiger charge is 2.31. The van der Waals surface area contributed by atoms with E-state index in [9.17, 15) is 19.2 Å². The van der Waals surface area contributed by atoms with Crippen LogP contribution in [-0.4, -0.2) is 79.0 Å². The van der Waals surface area contributed by atoms with Gasteiger partial charge < -0.3 is 25.6 Å². The van der Waals surface area contributed by atoms with E-state index < -0.39 is 18.1 Å². The molecule has 4 atom stereocenters. The maximum absolute atomic E-state index is 13.4. The Bertz CT molecular complexity index is 1200. The van der Waals surface area contributed by atoms with Crippen molar-refractivity contribution in [2.45, 2.75) is 64.6 Å². The lowest BCUT2D eigenvalue weighted by atomic mass is 9.97. The number of carbonyl (C=O) groups excluding carboxylic acids is 4. The van der Waals surface area contributed by atoms with Crippen LogP contribution in [0.5, 0.6) is 0 Å². The number of amides is 3. The third kappa shape index (κ3) is 8.09. The second-order valence-electron chi connectivity index (χ2n) is 10.3. The first-order valence-electron chi connectivity index (χ1n) is 13.7. The number of methoxy groups -OCH3 is 1. The van der Waals surface area contributed by atoms with Crippen molar-refractivity contribution in [3.8, 4) is 0 Å². The first-order chi connectivity index (χ1) is 19.2. The number of rotatable bonds is 14. The number of nitrogens with zero attached hydrogens (tertiary/aromatic N) is 2. The van der Waals surface area contributed by atoms with Crippen molar-refractivity contribution < 1.29 is 23.9 Å². The highest BCUT2D eigenvalue weighted by atomic mass is 32.2. The number of thioether (sulfide) groups is 1. The molecule has 1 aromatic carbocycles. The Morgan fingerprint density at radius 1 is 1.25 bits per heavy atom. The summed E-state index contributed by atoms with van der Waals surface area (Å²) >= 11 is 1.59. The molecule has 2 heterocycles. The van der Waals surface area contributed by atoms with Crippen LogP contribution in [0.1, 0.15) is 45.1 Å². The molecule has 218 valence electrons. The minimum absolute atomic E-state index is 0.0385. The van der Waals surface area contributed by atoms with Gasteiger partial charge in [-0.05, 0) is 55.4 Å². The van der Waals surface area contributed by atoms with Crippen molar-refractivity contribution in [3.05, 3.63) is 36.0 Å². The second-order valence-corrected chi connectivity index (χ2v) is 11.2. The summed E-state index contributed by atoms with van der Waals surface area (Å²) in [5.41, 5.74) is 2.62. The molecule has 0 unspecified atom stereocenters. The summed E-state index contributed by atoms with van der Waals surface area (Å²) in [5.74, 6) is -0.379. The molecule has 3 rings (SSSR count). The van der Waals surface area contributed by atoms with Crippen LogP contribution < -0.4 is 20.9 Å². The summed E-state index contributed by atoms with van der Waals surface area (Å²) in [5, 5.41) is 9.65. The molecule has 3 N–H and O–H groups in total. The van der Waals surface area contributed by atoms with Gasteiger partial charge in [-0.1, -0.05) is 32.4 Å². The zero-order chi connectivity index (χ0) is 29.2. The van der Waals surface area contributed by atoms with Crippen LogP contribution in [0.3, 0.4) is 0 Å². The largest absolute Gasteiger partial charge is 0.467 e. The van der Waals surface area contributed by atoms with Gasteiger partial charge in [0.2, 0.25) is 17.7 Å². The van der Waals surface area contributed by atoms with Gasteiger partial charge in [0.05, 0.1) is 19.2 Å². The molecular weight excluding hydrogens is 530 g/mol. The molecule has 0 bridgehead atoms. The smallest absolute Gasteiger partial charge is 0.328 e. The number of nitrogens with one attached hydrogen (secondary N) is 3. The first kappa shape index (κ1) is 31.2. The number of carbonyl (C=O) groups is 4. The van der Waals surface area contributed by atoms with Gasteiger partial charge in [0, 0.05) is 36.3 Å². The SMILES string of the molecule is CC[C@H](C)[C@@H](CN(CC(=O)N[C@@H](CCSC)C(=O)OC)c1ccnc2cccc(C)c12)NC(=O)[C@@H]1CCC(=O)N1. The van der Waals surface area contributed by atoms with Gasteiger partial charge in [-0.15, -0.1) is 0 Å². The number of pyridine rings is 1. The van der Waals surface area contributed by atoms with Crippen LogP contribution in [0.2, 0.25) is 0 Å². The van der Waals surface area contributed by atoms with Gasteiger partial charge in [-0.25, -0.2) is 4.79 Å². The van der Waals surface area contributed by atoms with Gasteiger partial charge in [-0.3, -0.25) is 19.4 Å². The molecule has 2 aromatic rings. The number of hydrogen-bond acceptors (Lipinski definition) is 8. The molecule has 1 saturated heterocycles. The molecule has 0 aliphatic carbocycles. The number of aromatic nitrogens is 1. The average molecular weight is 572 g/mol. The molecule has 40 heavy (non-hydrogen) atoms. The van der Waals surface area contributed by atoms with E-state index in [1.54, 1.807) is 18.0 Å². The van der Waals surface area contributed by atoms with Crippen LogP contribution in [0.25, 0.3) is 10.9 Å². The molecule has 10 nitrogen and oxygen atoms in total. The van der Waals surface area contributed by atoms with Crippen LogP contribution in [0, 0.1) is 12.8 Å². The van der Waals surface area contributed by atoms with Crippen molar-refractivity contribution in [2.24, 2.45) is 5.92 Å². The Morgan fingerprint density at radius 2 is 2.02 bits per heavy atom. The molecule has 0 spiro atoms. The number of fused-ring (bicyclic) bond motifs is 1. The molecule has 1 aliphatic rings. The van der Waals surface area contributed by atoms with Crippen LogP contribution in [0.15, 0.2) is 30.5 Å². The Kier molecular flexibility index (Phi) is 11.6.